The molecule has 0 saturated carbocycles. The van der Waals surface area contributed by atoms with Gasteiger partial charge in [0, 0.05) is 17.7 Å². The number of methoxy groups -OCH3 is 1. The molecule has 1 atom stereocenters. The van der Waals surface area contributed by atoms with Crippen molar-refractivity contribution in [2.75, 3.05) is 7.11 Å². The zero-order chi connectivity index (χ0) is 17.9. The molecule has 0 aliphatic carbocycles. The Bertz CT molecular complexity index is 741. The Morgan fingerprint density at radius 3 is 2.33 bits per heavy atom. The minimum Gasteiger partial charge on any atom is -0.496 e. The molecular formula is C17H17Cl2NO4. The van der Waals surface area contributed by atoms with Crippen molar-refractivity contribution in [1.29, 1.82) is 0 Å². The van der Waals surface area contributed by atoms with Crippen LogP contribution in [0.4, 0.5) is 5.69 Å². The Hall–Kier alpha value is -1.98. The lowest BCUT2D eigenvalue weighted by Gasteiger charge is -2.16. The third-order valence-corrected chi connectivity index (χ3v) is 4.32. The van der Waals surface area contributed by atoms with E-state index in [1.165, 1.54) is 12.1 Å². The molecular weight excluding hydrogens is 353 g/mol. The first-order valence-electron chi connectivity index (χ1n) is 7.36. The summed E-state index contributed by atoms with van der Waals surface area (Å²) in [6.07, 6.45) is 0.943. The molecule has 0 N–H and O–H groups in total. The molecule has 0 saturated heterocycles. The van der Waals surface area contributed by atoms with Gasteiger partial charge >= 0.3 is 0 Å². The van der Waals surface area contributed by atoms with E-state index in [0.29, 0.717) is 5.75 Å². The number of hydrogen-bond donors (Lipinski definition) is 0. The van der Waals surface area contributed by atoms with E-state index in [2.05, 4.69) is 13.8 Å². The molecule has 0 fully saturated rings. The second-order valence-corrected chi connectivity index (χ2v) is 6.13. The highest BCUT2D eigenvalue weighted by Crippen LogP contribution is 2.41. The van der Waals surface area contributed by atoms with E-state index in [1.54, 1.807) is 13.2 Å². The highest BCUT2D eigenvalue weighted by atomic mass is 35.5. The first-order chi connectivity index (χ1) is 11.4. The number of hydrogen-bond acceptors (Lipinski definition) is 4. The molecule has 128 valence electrons. The Morgan fingerprint density at radius 1 is 1.21 bits per heavy atom. The summed E-state index contributed by atoms with van der Waals surface area (Å²) in [5.74, 6) is 1.77. The topological polar surface area (TPSA) is 61.6 Å². The number of non-ortho nitro benzene ring substituents is 1. The van der Waals surface area contributed by atoms with Crippen LogP contribution in [0.25, 0.3) is 0 Å². The SMILES string of the molecule is CCC(C)c1cc(Oc2c(Cl)cc([N+](=O)[O-])cc2Cl)ccc1OC. The summed E-state index contributed by atoms with van der Waals surface area (Å²) >= 11 is 12.2. The van der Waals surface area contributed by atoms with E-state index in [0.717, 1.165) is 17.7 Å². The first kappa shape index (κ1) is 18.4. The smallest absolute Gasteiger partial charge is 0.272 e. The van der Waals surface area contributed by atoms with Crippen LogP contribution < -0.4 is 9.47 Å². The van der Waals surface area contributed by atoms with Gasteiger partial charge in [-0.15, -0.1) is 0 Å². The van der Waals surface area contributed by atoms with Gasteiger partial charge in [0.05, 0.1) is 22.1 Å². The van der Waals surface area contributed by atoms with Gasteiger partial charge in [-0.2, -0.15) is 0 Å². The minimum atomic E-state index is -0.560. The molecule has 0 bridgehead atoms. The number of nitro benzene ring substituents is 1. The Balaban J connectivity index is 2.40. The van der Waals surface area contributed by atoms with Crippen LogP contribution in [0.15, 0.2) is 30.3 Å². The summed E-state index contributed by atoms with van der Waals surface area (Å²) in [4.78, 5) is 10.3. The first-order valence-corrected chi connectivity index (χ1v) is 8.12. The number of nitro groups is 1. The molecule has 1 unspecified atom stereocenters. The van der Waals surface area contributed by atoms with Crippen LogP contribution in [0.1, 0.15) is 31.7 Å². The van der Waals surface area contributed by atoms with Crippen molar-refractivity contribution >= 4 is 28.9 Å². The normalized spacial score (nSPS) is 11.9. The van der Waals surface area contributed by atoms with Crippen LogP contribution in [0.3, 0.4) is 0 Å². The standard InChI is InChI=1S/C17H17Cl2NO4/c1-4-10(2)13-9-12(5-6-16(13)23-3)24-17-14(18)7-11(20(21)22)8-15(17)19/h5-10H,4H2,1-3H3. The van der Waals surface area contributed by atoms with Crippen LogP contribution in [-0.2, 0) is 0 Å². The summed E-state index contributed by atoms with van der Waals surface area (Å²) in [5, 5.41) is 11.0. The largest absolute Gasteiger partial charge is 0.496 e. The Labute approximate surface area is 150 Å². The molecule has 2 rings (SSSR count). The Morgan fingerprint density at radius 2 is 1.83 bits per heavy atom. The second kappa shape index (κ2) is 7.73. The summed E-state index contributed by atoms with van der Waals surface area (Å²) in [7, 11) is 1.62. The maximum atomic E-state index is 10.8. The number of benzene rings is 2. The molecule has 0 radical (unpaired) electrons. The van der Waals surface area contributed by atoms with E-state index in [-0.39, 0.29) is 27.4 Å². The zero-order valence-electron chi connectivity index (χ0n) is 13.5. The van der Waals surface area contributed by atoms with Gasteiger partial charge in [0.1, 0.15) is 11.5 Å². The fourth-order valence-corrected chi connectivity index (χ4v) is 2.80. The molecule has 24 heavy (non-hydrogen) atoms. The fraction of sp³-hybridized carbons (Fsp3) is 0.294. The van der Waals surface area contributed by atoms with Crippen molar-refractivity contribution in [3.8, 4) is 17.2 Å². The monoisotopic (exact) mass is 369 g/mol. The number of halogens is 2. The second-order valence-electron chi connectivity index (χ2n) is 5.31. The highest BCUT2D eigenvalue weighted by molar-refractivity contribution is 6.37. The minimum absolute atomic E-state index is 0.0788. The maximum Gasteiger partial charge on any atom is 0.272 e. The molecule has 0 spiro atoms. The number of ether oxygens (including phenoxy) is 2. The average Bonchev–Trinajstić information content (AvgIpc) is 2.56. The molecule has 0 aliphatic heterocycles. The Kier molecular flexibility index (Phi) is 5.91. The van der Waals surface area contributed by atoms with Gasteiger partial charge in [0.15, 0.2) is 5.75 Å². The van der Waals surface area contributed by atoms with E-state index in [1.807, 2.05) is 12.1 Å². The van der Waals surface area contributed by atoms with Gasteiger partial charge in [-0.05, 0) is 30.5 Å². The van der Waals surface area contributed by atoms with Crippen molar-refractivity contribution in [1.82, 2.24) is 0 Å². The van der Waals surface area contributed by atoms with Crippen molar-refractivity contribution in [3.05, 3.63) is 56.1 Å². The third kappa shape index (κ3) is 3.91. The van der Waals surface area contributed by atoms with Crippen molar-refractivity contribution in [2.45, 2.75) is 26.2 Å². The number of nitrogens with zero attached hydrogens (tertiary/aromatic N) is 1. The molecule has 5 nitrogen and oxygen atoms in total. The van der Waals surface area contributed by atoms with Crippen LogP contribution in [0.5, 0.6) is 17.2 Å². The van der Waals surface area contributed by atoms with Crippen LogP contribution >= 0.6 is 23.2 Å². The molecule has 2 aromatic rings. The van der Waals surface area contributed by atoms with Gasteiger partial charge in [-0.3, -0.25) is 10.1 Å². The van der Waals surface area contributed by atoms with E-state index >= 15 is 0 Å². The lowest BCUT2D eigenvalue weighted by Crippen LogP contribution is -1.98. The van der Waals surface area contributed by atoms with Gasteiger partial charge in [-0.1, -0.05) is 37.0 Å². The van der Waals surface area contributed by atoms with Gasteiger partial charge < -0.3 is 9.47 Å². The fourth-order valence-electron chi connectivity index (χ4n) is 2.25. The van der Waals surface area contributed by atoms with Crippen molar-refractivity contribution < 1.29 is 14.4 Å². The summed E-state index contributed by atoms with van der Waals surface area (Å²) in [6.45, 7) is 4.18. The lowest BCUT2D eigenvalue weighted by molar-refractivity contribution is -0.384. The van der Waals surface area contributed by atoms with Crippen molar-refractivity contribution in [3.63, 3.8) is 0 Å². The average molecular weight is 370 g/mol. The van der Waals surface area contributed by atoms with Crippen molar-refractivity contribution in [2.24, 2.45) is 0 Å². The van der Waals surface area contributed by atoms with E-state index in [4.69, 9.17) is 32.7 Å². The molecule has 0 aliphatic rings. The molecule has 2 aromatic carbocycles. The van der Waals surface area contributed by atoms with Crippen LogP contribution in [-0.4, -0.2) is 12.0 Å². The van der Waals surface area contributed by atoms with Crippen LogP contribution in [0, 0.1) is 10.1 Å². The van der Waals surface area contributed by atoms with E-state index in [9.17, 15) is 10.1 Å². The molecule has 0 aromatic heterocycles. The summed E-state index contributed by atoms with van der Waals surface area (Å²) < 4.78 is 11.1. The lowest BCUT2D eigenvalue weighted by atomic mass is 9.97. The van der Waals surface area contributed by atoms with Gasteiger partial charge in [0.2, 0.25) is 0 Å². The summed E-state index contributed by atoms with van der Waals surface area (Å²) in [5.41, 5.74) is 0.819. The predicted octanol–water partition coefficient (Wildman–Crippen LogP) is 6.22. The maximum absolute atomic E-state index is 10.8. The predicted molar refractivity (Wildman–Crippen MR) is 94.9 cm³/mol. The van der Waals surface area contributed by atoms with Gasteiger partial charge in [0.25, 0.3) is 5.69 Å². The van der Waals surface area contributed by atoms with Crippen LogP contribution in [0.2, 0.25) is 10.0 Å². The summed E-state index contributed by atoms with van der Waals surface area (Å²) in [6, 6.07) is 7.83. The molecule has 0 heterocycles. The molecule has 0 amide bonds. The van der Waals surface area contributed by atoms with Gasteiger partial charge in [-0.25, -0.2) is 0 Å². The third-order valence-electron chi connectivity index (χ3n) is 3.76. The molecule has 7 heteroatoms. The zero-order valence-corrected chi connectivity index (χ0v) is 15.0. The quantitative estimate of drug-likeness (QED) is 0.448. The highest BCUT2D eigenvalue weighted by Gasteiger charge is 2.18. The number of rotatable bonds is 6. The van der Waals surface area contributed by atoms with E-state index < -0.39 is 4.92 Å².